The zero-order valence-corrected chi connectivity index (χ0v) is 25.1. The van der Waals surface area contributed by atoms with E-state index < -0.39 is 12.0 Å². The first-order valence-corrected chi connectivity index (χ1v) is 14.9. The summed E-state index contributed by atoms with van der Waals surface area (Å²) < 4.78 is 11.3. The van der Waals surface area contributed by atoms with Crippen LogP contribution in [0.2, 0.25) is 5.02 Å². The van der Waals surface area contributed by atoms with Gasteiger partial charge in [0.2, 0.25) is 0 Å². The summed E-state index contributed by atoms with van der Waals surface area (Å²) >= 11 is 7.41. The van der Waals surface area contributed by atoms with E-state index in [2.05, 4.69) is 31.3 Å². The van der Waals surface area contributed by atoms with Crippen LogP contribution in [0.25, 0.3) is 6.08 Å². The maximum absolute atomic E-state index is 13.9. The van der Waals surface area contributed by atoms with Crippen LogP contribution in [0.5, 0.6) is 5.75 Å². The van der Waals surface area contributed by atoms with Gasteiger partial charge in [-0.15, -0.1) is 0 Å². The van der Waals surface area contributed by atoms with Gasteiger partial charge in [0.1, 0.15) is 12.4 Å². The van der Waals surface area contributed by atoms with Gasteiger partial charge in [0.15, 0.2) is 5.50 Å². The molecule has 0 saturated carbocycles. The molecule has 1 saturated heterocycles. The highest BCUT2D eigenvalue weighted by Crippen LogP contribution is 2.46. The lowest BCUT2D eigenvalue weighted by Gasteiger charge is -2.39. The number of fused-ring (bicyclic) bond motifs is 1. The van der Waals surface area contributed by atoms with E-state index in [0.29, 0.717) is 33.7 Å². The van der Waals surface area contributed by atoms with Crippen molar-refractivity contribution in [2.75, 3.05) is 6.61 Å². The van der Waals surface area contributed by atoms with Crippen LogP contribution in [-0.4, -0.2) is 28.9 Å². The lowest BCUT2D eigenvalue weighted by Crippen LogP contribution is -2.49. The number of amides is 1. The van der Waals surface area contributed by atoms with E-state index in [1.807, 2.05) is 73.7 Å². The number of allylic oxidation sites excluding steroid dienone is 1. The molecule has 0 bridgehead atoms. The summed E-state index contributed by atoms with van der Waals surface area (Å²) in [5, 5.41) is 4.06. The number of rotatable bonds is 8. The topological polar surface area (TPSA) is 67.9 Å². The van der Waals surface area contributed by atoms with Gasteiger partial charge in [-0.25, -0.2) is 4.79 Å². The molecule has 2 unspecified atom stereocenters. The molecule has 3 aromatic carbocycles. The van der Waals surface area contributed by atoms with Crippen molar-refractivity contribution in [3.63, 3.8) is 0 Å². The largest absolute Gasteiger partial charge is 0.489 e. The molecule has 3 aromatic rings. The summed E-state index contributed by atoms with van der Waals surface area (Å²) in [6.07, 6.45) is 1.88. The van der Waals surface area contributed by atoms with Gasteiger partial charge in [0, 0.05) is 10.7 Å². The maximum Gasteiger partial charge on any atom is 0.338 e. The number of nitrogens with zero attached hydrogens (tertiary/aromatic N) is 1. The summed E-state index contributed by atoms with van der Waals surface area (Å²) in [4.78, 5) is 29.4. The van der Waals surface area contributed by atoms with Gasteiger partial charge in [-0.1, -0.05) is 85.7 Å². The average Bonchev–Trinajstić information content (AvgIpc) is 3.26. The molecular formula is C33H33ClN2O4S. The van der Waals surface area contributed by atoms with Gasteiger partial charge >= 0.3 is 5.97 Å². The second kappa shape index (κ2) is 12.5. The third-order valence-corrected chi connectivity index (χ3v) is 8.51. The number of benzene rings is 3. The SMILES string of the molecule is CCOC(=O)C1=C(C)NC2S/C(=C\c3ccc(OCc4ccc(Cl)cc4)cc3)C(=O)N2C1c1ccc(C(C)C)cc1. The first-order chi connectivity index (χ1) is 19.7. The van der Waals surface area contributed by atoms with Crippen molar-refractivity contribution in [1.29, 1.82) is 0 Å². The van der Waals surface area contributed by atoms with Crippen molar-refractivity contribution in [3.05, 3.63) is 116 Å². The maximum atomic E-state index is 13.9. The minimum absolute atomic E-state index is 0.136. The van der Waals surface area contributed by atoms with Crippen LogP contribution in [0.3, 0.4) is 0 Å². The minimum Gasteiger partial charge on any atom is -0.489 e. The van der Waals surface area contributed by atoms with Gasteiger partial charge < -0.3 is 14.8 Å². The average molecular weight is 589 g/mol. The Bertz CT molecular complexity index is 1480. The van der Waals surface area contributed by atoms with Crippen molar-refractivity contribution >= 4 is 41.3 Å². The molecule has 2 heterocycles. The summed E-state index contributed by atoms with van der Waals surface area (Å²) in [6.45, 7) is 8.62. The molecule has 5 rings (SSSR count). The van der Waals surface area contributed by atoms with Crippen molar-refractivity contribution in [1.82, 2.24) is 10.2 Å². The summed E-state index contributed by atoms with van der Waals surface area (Å²) in [7, 11) is 0. The Balaban J connectivity index is 1.39. The number of carbonyl (C=O) groups excluding carboxylic acids is 2. The van der Waals surface area contributed by atoms with Crippen LogP contribution in [0.4, 0.5) is 0 Å². The second-order valence-corrected chi connectivity index (χ2v) is 11.9. The molecule has 41 heavy (non-hydrogen) atoms. The smallest absolute Gasteiger partial charge is 0.338 e. The highest BCUT2D eigenvalue weighted by atomic mass is 35.5. The van der Waals surface area contributed by atoms with Crippen LogP contribution >= 0.6 is 23.4 Å². The predicted molar refractivity (Wildman–Crippen MR) is 164 cm³/mol. The Morgan fingerprint density at radius 3 is 2.37 bits per heavy atom. The zero-order chi connectivity index (χ0) is 29.1. The molecule has 0 aliphatic carbocycles. The van der Waals surface area contributed by atoms with Crippen LogP contribution in [0.15, 0.2) is 89.0 Å². The van der Waals surface area contributed by atoms with Crippen LogP contribution in [-0.2, 0) is 20.9 Å². The fourth-order valence-electron chi connectivity index (χ4n) is 4.94. The van der Waals surface area contributed by atoms with Crippen LogP contribution < -0.4 is 10.1 Å². The summed E-state index contributed by atoms with van der Waals surface area (Å²) in [5.41, 5.74) is 4.80. The molecule has 2 aliphatic heterocycles. The first kappa shape index (κ1) is 28.8. The van der Waals surface area contributed by atoms with E-state index in [9.17, 15) is 9.59 Å². The van der Waals surface area contributed by atoms with Crippen molar-refractivity contribution in [2.24, 2.45) is 0 Å². The highest BCUT2D eigenvalue weighted by molar-refractivity contribution is 8.05. The Morgan fingerprint density at radius 2 is 1.73 bits per heavy atom. The van der Waals surface area contributed by atoms with Crippen molar-refractivity contribution in [3.8, 4) is 5.75 Å². The Morgan fingerprint density at radius 1 is 1.05 bits per heavy atom. The van der Waals surface area contributed by atoms with Crippen LogP contribution in [0, 0.1) is 0 Å². The number of ether oxygens (including phenoxy) is 2. The zero-order valence-electron chi connectivity index (χ0n) is 23.5. The molecular weight excluding hydrogens is 556 g/mol. The molecule has 0 radical (unpaired) electrons. The Hall–Kier alpha value is -3.68. The quantitative estimate of drug-likeness (QED) is 0.218. The number of carbonyl (C=O) groups is 2. The van der Waals surface area contributed by atoms with Crippen molar-refractivity contribution < 1.29 is 19.1 Å². The monoisotopic (exact) mass is 588 g/mol. The van der Waals surface area contributed by atoms with Gasteiger partial charge in [0.25, 0.3) is 5.91 Å². The number of thioether (sulfide) groups is 1. The number of hydrogen-bond acceptors (Lipinski definition) is 6. The molecule has 0 aromatic heterocycles. The Labute approximate surface area is 250 Å². The lowest BCUT2D eigenvalue weighted by molar-refractivity contribution is -0.140. The predicted octanol–water partition coefficient (Wildman–Crippen LogP) is 7.42. The third kappa shape index (κ3) is 6.31. The van der Waals surface area contributed by atoms with E-state index in [4.69, 9.17) is 21.1 Å². The van der Waals surface area contributed by atoms with Crippen LogP contribution in [0.1, 0.15) is 61.9 Å². The molecule has 8 heteroatoms. The van der Waals surface area contributed by atoms with Gasteiger partial charge in [-0.3, -0.25) is 9.69 Å². The van der Waals surface area contributed by atoms with Gasteiger partial charge in [-0.2, -0.15) is 0 Å². The number of hydrogen-bond donors (Lipinski definition) is 1. The van der Waals surface area contributed by atoms with E-state index in [0.717, 1.165) is 22.4 Å². The normalized spacial score (nSPS) is 19.4. The molecule has 6 nitrogen and oxygen atoms in total. The minimum atomic E-state index is -0.559. The highest BCUT2D eigenvalue weighted by Gasteiger charge is 2.47. The number of esters is 1. The number of halogens is 1. The molecule has 1 fully saturated rings. The van der Waals surface area contributed by atoms with Gasteiger partial charge in [0.05, 0.1) is 23.1 Å². The third-order valence-electron chi connectivity index (χ3n) is 7.14. The molecule has 2 aliphatic rings. The van der Waals surface area contributed by atoms with E-state index in [1.54, 1.807) is 11.8 Å². The molecule has 1 N–H and O–H groups in total. The van der Waals surface area contributed by atoms with Gasteiger partial charge in [-0.05, 0) is 72.4 Å². The molecule has 212 valence electrons. The first-order valence-electron chi connectivity index (χ1n) is 13.7. The summed E-state index contributed by atoms with van der Waals surface area (Å²) in [6, 6.07) is 22.8. The van der Waals surface area contributed by atoms with E-state index >= 15 is 0 Å². The molecule has 1 amide bonds. The van der Waals surface area contributed by atoms with E-state index in [1.165, 1.54) is 17.3 Å². The molecule has 0 spiro atoms. The van der Waals surface area contributed by atoms with Crippen molar-refractivity contribution in [2.45, 2.75) is 51.8 Å². The lowest BCUT2D eigenvalue weighted by atomic mass is 9.91. The summed E-state index contributed by atoms with van der Waals surface area (Å²) in [5.74, 6) is 0.552. The fraction of sp³-hybridized carbons (Fsp3) is 0.273. The second-order valence-electron chi connectivity index (χ2n) is 10.3. The van der Waals surface area contributed by atoms with E-state index in [-0.39, 0.29) is 18.0 Å². The molecule has 2 atom stereocenters. The standard InChI is InChI=1S/C33H33ClN2O4S/c1-5-39-32(38)29-21(4)35-33-36(30(29)25-12-10-24(11-13-25)20(2)3)31(37)28(41-33)18-22-8-16-27(17-9-22)40-19-23-6-14-26(34)15-7-23/h6-18,20,30,33,35H,5,19H2,1-4H3/b28-18-. The fourth-order valence-corrected chi connectivity index (χ4v) is 6.28. The number of nitrogens with one attached hydrogen (secondary N) is 1. The Kier molecular flexibility index (Phi) is 8.76.